The number of carbonyl (C=O) groups is 7. The molecule has 1 saturated carbocycles. The van der Waals surface area contributed by atoms with Gasteiger partial charge in [0.05, 0.1) is 13.2 Å². The van der Waals surface area contributed by atoms with E-state index < -0.39 is 53.6 Å². The van der Waals surface area contributed by atoms with Crippen molar-refractivity contribution >= 4 is 41.5 Å². The number of rotatable bonds is 27. The number of hydrogen-bond donors (Lipinski definition) is 7. The summed E-state index contributed by atoms with van der Waals surface area (Å²) in [6.07, 6.45) is 3.90. The number of carboxylic acid groups (broad SMARTS) is 3. The van der Waals surface area contributed by atoms with Crippen LogP contribution < -0.4 is 21.3 Å². The van der Waals surface area contributed by atoms with Crippen LogP contribution in [0.25, 0.3) is 0 Å². The monoisotopic (exact) mass is 686 g/mol. The number of nitrogens with one attached hydrogen (secondary N) is 4. The summed E-state index contributed by atoms with van der Waals surface area (Å²) < 4.78 is 10.7. The van der Waals surface area contributed by atoms with Crippen LogP contribution in [-0.2, 0) is 43.0 Å². The number of unbranched alkanes of at least 4 members (excludes halogenated alkanes) is 1. The lowest BCUT2D eigenvalue weighted by Crippen LogP contribution is -2.48. The maximum atomic E-state index is 12.9. The molecule has 0 heterocycles. The van der Waals surface area contributed by atoms with Crippen LogP contribution in [-0.4, -0.2) is 108 Å². The molecule has 1 fully saturated rings. The summed E-state index contributed by atoms with van der Waals surface area (Å²) in [5, 5.41) is 37.9. The van der Waals surface area contributed by atoms with Gasteiger partial charge in [0.25, 0.3) is 0 Å². The van der Waals surface area contributed by atoms with Gasteiger partial charge in [0.2, 0.25) is 23.6 Å². The van der Waals surface area contributed by atoms with Gasteiger partial charge in [0, 0.05) is 57.9 Å². The molecule has 16 nitrogen and oxygen atoms in total. The van der Waals surface area contributed by atoms with Gasteiger partial charge in [-0.2, -0.15) is 0 Å². The normalized spacial score (nSPS) is 17.0. The summed E-state index contributed by atoms with van der Waals surface area (Å²) in [7, 11) is 0. The molecule has 0 saturated heterocycles. The van der Waals surface area contributed by atoms with Gasteiger partial charge in [-0.15, -0.1) is 0 Å². The van der Waals surface area contributed by atoms with Crippen molar-refractivity contribution in [2.75, 3.05) is 39.5 Å². The van der Waals surface area contributed by atoms with E-state index in [1.54, 1.807) is 0 Å². The lowest BCUT2D eigenvalue weighted by molar-refractivity contribution is -0.143. The Morgan fingerprint density at radius 1 is 0.667 bits per heavy atom. The summed E-state index contributed by atoms with van der Waals surface area (Å²) in [5.74, 6) is -5.38. The third kappa shape index (κ3) is 20.4. The largest absolute Gasteiger partial charge is 0.481 e. The van der Waals surface area contributed by atoms with Crippen LogP contribution in [0.1, 0.15) is 96.8 Å². The van der Waals surface area contributed by atoms with Crippen molar-refractivity contribution < 1.29 is 58.4 Å². The number of amides is 4. The molecule has 7 N–H and O–H groups in total. The molecule has 0 bridgehead atoms. The SMILES string of the molecule is CCCOCCOCCCNC(=O)C(CCC(=O)O)NC(=O)CCC(NC(=O)C1CCC(CNC(=O)CCCCC(=O)O)CC1)C(=O)O. The van der Waals surface area contributed by atoms with Gasteiger partial charge in [-0.05, 0) is 70.1 Å². The van der Waals surface area contributed by atoms with E-state index in [1.807, 2.05) is 6.92 Å². The van der Waals surface area contributed by atoms with E-state index >= 15 is 0 Å². The maximum Gasteiger partial charge on any atom is 0.326 e. The predicted octanol–water partition coefficient (Wildman–Crippen LogP) is 1.20. The fourth-order valence-corrected chi connectivity index (χ4v) is 5.14. The molecule has 0 aromatic carbocycles. The Morgan fingerprint density at radius 3 is 1.92 bits per heavy atom. The van der Waals surface area contributed by atoms with Crippen molar-refractivity contribution in [1.29, 1.82) is 0 Å². The molecular formula is C32H54N4O12. The summed E-state index contributed by atoms with van der Waals surface area (Å²) in [4.78, 5) is 83.7. The second kappa shape index (κ2) is 25.3. The molecule has 16 heteroatoms. The highest BCUT2D eigenvalue weighted by atomic mass is 16.5. The number of carbonyl (C=O) groups excluding carboxylic acids is 4. The second-order valence-corrected chi connectivity index (χ2v) is 12.0. The van der Waals surface area contributed by atoms with Crippen LogP contribution in [0.4, 0.5) is 0 Å². The van der Waals surface area contributed by atoms with Crippen molar-refractivity contribution in [2.45, 2.75) is 109 Å². The van der Waals surface area contributed by atoms with E-state index in [4.69, 9.17) is 19.7 Å². The number of hydrogen-bond acceptors (Lipinski definition) is 9. The van der Waals surface area contributed by atoms with Gasteiger partial charge >= 0.3 is 17.9 Å². The molecule has 1 aliphatic rings. The first kappa shape index (κ1) is 42.2. The molecule has 0 aromatic rings. The third-order valence-corrected chi connectivity index (χ3v) is 7.91. The zero-order chi connectivity index (χ0) is 35.7. The van der Waals surface area contributed by atoms with Crippen LogP contribution in [0, 0.1) is 11.8 Å². The summed E-state index contributed by atoms with van der Waals surface area (Å²) >= 11 is 0. The lowest BCUT2D eigenvalue weighted by atomic mass is 9.81. The van der Waals surface area contributed by atoms with E-state index in [2.05, 4.69) is 21.3 Å². The average Bonchev–Trinajstić information content (AvgIpc) is 3.04. The molecular weight excluding hydrogens is 632 g/mol. The molecule has 1 aliphatic carbocycles. The summed E-state index contributed by atoms with van der Waals surface area (Å²) in [5.41, 5.74) is 0. The lowest BCUT2D eigenvalue weighted by Gasteiger charge is -2.28. The Morgan fingerprint density at radius 2 is 1.29 bits per heavy atom. The molecule has 0 spiro atoms. The van der Waals surface area contributed by atoms with Crippen LogP contribution in [0.5, 0.6) is 0 Å². The zero-order valence-corrected chi connectivity index (χ0v) is 28.0. The molecule has 0 radical (unpaired) electrons. The average molecular weight is 687 g/mol. The minimum absolute atomic E-state index is 0.0246. The Labute approximate surface area is 281 Å². The van der Waals surface area contributed by atoms with E-state index in [0.29, 0.717) is 77.9 Å². The zero-order valence-electron chi connectivity index (χ0n) is 28.0. The standard InChI is InChI=1S/C32H54N4O12/c1-2-17-47-19-20-48-18-5-16-33-31(44)24(13-15-29(41)42)35-27(38)14-12-25(32(45)46)36-30(43)23-10-8-22(9-11-23)21-34-26(37)6-3-4-7-28(39)40/h22-25H,2-21H2,1H3,(H,33,44)(H,34,37)(H,35,38)(H,36,43)(H,39,40)(H,41,42)(H,45,46). The Hall–Kier alpha value is -3.79. The van der Waals surface area contributed by atoms with E-state index in [-0.39, 0.29) is 56.9 Å². The number of ether oxygens (including phenoxy) is 2. The first-order valence-corrected chi connectivity index (χ1v) is 16.9. The third-order valence-electron chi connectivity index (χ3n) is 7.91. The summed E-state index contributed by atoms with van der Waals surface area (Å²) in [6.45, 7) is 4.63. The molecule has 274 valence electrons. The van der Waals surface area contributed by atoms with Crippen molar-refractivity contribution in [3.8, 4) is 0 Å². The Kier molecular flexibility index (Phi) is 22.2. The highest BCUT2D eigenvalue weighted by Gasteiger charge is 2.30. The van der Waals surface area contributed by atoms with Crippen molar-refractivity contribution in [2.24, 2.45) is 11.8 Å². The van der Waals surface area contributed by atoms with Crippen molar-refractivity contribution in [3.05, 3.63) is 0 Å². The predicted molar refractivity (Wildman–Crippen MR) is 172 cm³/mol. The smallest absolute Gasteiger partial charge is 0.326 e. The minimum atomic E-state index is -1.33. The van der Waals surface area contributed by atoms with Gasteiger partial charge < -0.3 is 46.1 Å². The number of aliphatic carboxylic acids is 3. The topological polar surface area (TPSA) is 247 Å². The molecule has 0 aromatic heterocycles. The Bertz CT molecular complexity index is 1030. The highest BCUT2D eigenvalue weighted by molar-refractivity contribution is 5.89. The fraction of sp³-hybridized carbons (Fsp3) is 0.781. The number of carboxylic acids is 3. The second-order valence-electron chi connectivity index (χ2n) is 12.0. The molecule has 4 amide bonds. The van der Waals surface area contributed by atoms with E-state index in [9.17, 15) is 38.7 Å². The van der Waals surface area contributed by atoms with Crippen LogP contribution in [0.15, 0.2) is 0 Å². The molecule has 2 unspecified atom stereocenters. The minimum Gasteiger partial charge on any atom is -0.481 e. The van der Waals surface area contributed by atoms with Crippen LogP contribution in [0.2, 0.25) is 0 Å². The van der Waals surface area contributed by atoms with Gasteiger partial charge in [-0.1, -0.05) is 6.92 Å². The van der Waals surface area contributed by atoms with Gasteiger partial charge in [0.1, 0.15) is 12.1 Å². The Balaban J connectivity index is 2.45. The van der Waals surface area contributed by atoms with Crippen molar-refractivity contribution in [3.63, 3.8) is 0 Å². The van der Waals surface area contributed by atoms with Crippen LogP contribution in [0.3, 0.4) is 0 Å². The molecule has 1 rings (SSSR count). The molecule has 2 atom stereocenters. The van der Waals surface area contributed by atoms with E-state index in [1.165, 1.54) is 0 Å². The fourth-order valence-electron chi connectivity index (χ4n) is 5.14. The van der Waals surface area contributed by atoms with E-state index in [0.717, 1.165) is 6.42 Å². The first-order valence-electron chi connectivity index (χ1n) is 16.9. The van der Waals surface area contributed by atoms with Gasteiger partial charge in [0.15, 0.2) is 0 Å². The molecule has 48 heavy (non-hydrogen) atoms. The van der Waals surface area contributed by atoms with Crippen LogP contribution >= 0.6 is 0 Å². The van der Waals surface area contributed by atoms with Crippen molar-refractivity contribution in [1.82, 2.24) is 21.3 Å². The van der Waals surface area contributed by atoms with Gasteiger partial charge in [-0.25, -0.2) is 4.79 Å². The highest BCUT2D eigenvalue weighted by Crippen LogP contribution is 2.28. The maximum absolute atomic E-state index is 12.9. The molecule has 0 aliphatic heterocycles. The summed E-state index contributed by atoms with van der Waals surface area (Å²) in [6, 6.07) is -2.47. The first-order chi connectivity index (χ1) is 22.9. The van der Waals surface area contributed by atoms with Gasteiger partial charge in [-0.3, -0.25) is 28.8 Å². The quantitative estimate of drug-likeness (QED) is 0.0603.